The van der Waals surface area contributed by atoms with Gasteiger partial charge in [0.05, 0.1) is 12.2 Å². The van der Waals surface area contributed by atoms with Gasteiger partial charge in [0, 0.05) is 11.6 Å². The number of hydrogen-bond donors (Lipinski definition) is 2. The average molecular weight is 396 g/mol. The molecule has 8 nitrogen and oxygen atoms in total. The Kier molecular flexibility index (Phi) is 7.90. The van der Waals surface area contributed by atoms with Crippen LogP contribution in [0.15, 0.2) is 53.6 Å². The predicted molar refractivity (Wildman–Crippen MR) is 105 cm³/mol. The van der Waals surface area contributed by atoms with Gasteiger partial charge in [-0.15, -0.1) is 0 Å². The van der Waals surface area contributed by atoms with Crippen LogP contribution in [0.3, 0.4) is 0 Å². The van der Waals surface area contributed by atoms with Crippen LogP contribution < -0.4 is 20.6 Å². The number of benzene rings is 2. The van der Waals surface area contributed by atoms with Crippen LogP contribution in [0.2, 0.25) is 0 Å². The molecule has 0 saturated heterocycles. The fraction of sp³-hybridized carbons (Fsp3) is 0.238. The molecule has 0 bridgehead atoms. The van der Waals surface area contributed by atoms with Crippen molar-refractivity contribution in [2.75, 3.05) is 0 Å². The summed E-state index contributed by atoms with van der Waals surface area (Å²) in [7, 11) is 0. The van der Waals surface area contributed by atoms with E-state index in [1.165, 1.54) is 18.3 Å². The lowest BCUT2D eigenvalue weighted by Gasteiger charge is -2.10. The minimum absolute atomic E-state index is 0.0920. The molecule has 8 heteroatoms. The van der Waals surface area contributed by atoms with Crippen molar-refractivity contribution in [3.8, 4) is 5.75 Å². The molecule has 152 valence electrons. The summed E-state index contributed by atoms with van der Waals surface area (Å²) in [5, 5.41) is 17.1. The number of nitrogens with zero attached hydrogens (tertiary/aromatic N) is 1. The van der Waals surface area contributed by atoms with Crippen LogP contribution in [-0.4, -0.2) is 30.0 Å². The first-order valence-electron chi connectivity index (χ1n) is 9.06. The third-order valence-corrected chi connectivity index (χ3v) is 4.07. The molecule has 2 N–H and O–H groups in total. The topological polar surface area (TPSA) is 120 Å². The SMILES string of the molecule is CC[C@@H](C)NC(=O)C(=O)N/N=C\c1ccccc1OCc1ccc(C(=O)[O-])cc1. The predicted octanol–water partition coefficient (Wildman–Crippen LogP) is 0.994. The Morgan fingerprint density at radius 3 is 2.45 bits per heavy atom. The van der Waals surface area contributed by atoms with E-state index in [1.807, 2.05) is 6.92 Å². The molecular formula is C21H22N3O5-. The summed E-state index contributed by atoms with van der Waals surface area (Å²) in [4.78, 5) is 34.2. The summed E-state index contributed by atoms with van der Waals surface area (Å²) in [6.45, 7) is 3.91. The number of ether oxygens (including phenoxy) is 1. The third-order valence-electron chi connectivity index (χ3n) is 4.07. The van der Waals surface area contributed by atoms with Crippen molar-refractivity contribution < 1.29 is 24.2 Å². The third kappa shape index (κ3) is 6.76. The molecule has 0 unspecified atom stereocenters. The van der Waals surface area contributed by atoms with Gasteiger partial charge in [-0.1, -0.05) is 43.3 Å². The molecule has 0 radical (unpaired) electrons. The Labute approximate surface area is 168 Å². The number of carboxylic acid groups (broad SMARTS) is 1. The Hall–Kier alpha value is -3.68. The van der Waals surface area contributed by atoms with Gasteiger partial charge in [0.1, 0.15) is 12.4 Å². The molecule has 29 heavy (non-hydrogen) atoms. The van der Waals surface area contributed by atoms with Crippen molar-refractivity contribution >= 4 is 24.0 Å². The van der Waals surface area contributed by atoms with Gasteiger partial charge in [-0.05, 0) is 36.6 Å². The summed E-state index contributed by atoms with van der Waals surface area (Å²) in [6.07, 6.45) is 2.09. The fourth-order valence-corrected chi connectivity index (χ4v) is 2.22. The summed E-state index contributed by atoms with van der Waals surface area (Å²) in [5.74, 6) is -2.33. The number of hydrogen-bond acceptors (Lipinski definition) is 6. The fourth-order valence-electron chi connectivity index (χ4n) is 2.22. The number of carbonyl (C=O) groups excluding carboxylic acids is 3. The Bertz CT molecular complexity index is 893. The lowest BCUT2D eigenvalue weighted by Crippen LogP contribution is -2.41. The molecule has 0 spiro atoms. The maximum atomic E-state index is 11.7. The van der Waals surface area contributed by atoms with E-state index in [4.69, 9.17) is 4.74 Å². The van der Waals surface area contributed by atoms with Gasteiger partial charge in [0.2, 0.25) is 0 Å². The summed E-state index contributed by atoms with van der Waals surface area (Å²) in [5.41, 5.74) is 3.64. The van der Waals surface area contributed by atoms with Crippen LogP contribution in [-0.2, 0) is 16.2 Å². The molecule has 2 aromatic rings. The maximum absolute atomic E-state index is 11.7. The second kappa shape index (κ2) is 10.6. The van der Waals surface area contributed by atoms with Gasteiger partial charge >= 0.3 is 11.8 Å². The lowest BCUT2D eigenvalue weighted by molar-refractivity contribution is -0.255. The van der Waals surface area contributed by atoms with Gasteiger partial charge in [-0.3, -0.25) is 9.59 Å². The number of hydrazone groups is 1. The number of carboxylic acids is 1. The van der Waals surface area contributed by atoms with Crippen LogP contribution in [0, 0.1) is 0 Å². The van der Waals surface area contributed by atoms with Crippen molar-refractivity contribution in [3.63, 3.8) is 0 Å². The molecule has 2 aromatic carbocycles. The molecule has 0 heterocycles. The van der Waals surface area contributed by atoms with Gasteiger partial charge in [-0.2, -0.15) is 5.10 Å². The Morgan fingerprint density at radius 2 is 1.79 bits per heavy atom. The molecule has 0 aliphatic carbocycles. The zero-order chi connectivity index (χ0) is 21.2. The molecule has 1 atom stereocenters. The van der Waals surface area contributed by atoms with Crippen LogP contribution in [0.5, 0.6) is 5.75 Å². The van der Waals surface area contributed by atoms with Gasteiger partial charge in [-0.25, -0.2) is 5.43 Å². The minimum Gasteiger partial charge on any atom is -0.545 e. The molecule has 0 aromatic heterocycles. The van der Waals surface area contributed by atoms with E-state index in [2.05, 4.69) is 15.8 Å². The number of rotatable bonds is 8. The van der Waals surface area contributed by atoms with Crippen LogP contribution >= 0.6 is 0 Å². The normalized spacial score (nSPS) is 11.7. The van der Waals surface area contributed by atoms with Crippen molar-refractivity contribution in [2.24, 2.45) is 5.10 Å². The van der Waals surface area contributed by atoms with Crippen LogP contribution in [0.1, 0.15) is 41.8 Å². The number of amides is 2. The highest BCUT2D eigenvalue weighted by atomic mass is 16.5. The molecule has 0 aliphatic rings. The summed E-state index contributed by atoms with van der Waals surface area (Å²) < 4.78 is 5.75. The zero-order valence-corrected chi connectivity index (χ0v) is 16.2. The van der Waals surface area contributed by atoms with Gasteiger partial charge < -0.3 is 20.0 Å². The van der Waals surface area contributed by atoms with E-state index in [9.17, 15) is 19.5 Å². The molecule has 2 rings (SSSR count). The van der Waals surface area contributed by atoms with Crippen molar-refractivity contribution in [3.05, 3.63) is 65.2 Å². The first-order chi connectivity index (χ1) is 13.9. The minimum atomic E-state index is -1.24. The van der Waals surface area contributed by atoms with E-state index < -0.39 is 17.8 Å². The Balaban J connectivity index is 1.95. The summed E-state index contributed by atoms with van der Waals surface area (Å²) in [6, 6.07) is 13.1. The van der Waals surface area contributed by atoms with Gasteiger partial charge in [0.15, 0.2) is 0 Å². The average Bonchev–Trinajstić information content (AvgIpc) is 2.73. The highest BCUT2D eigenvalue weighted by Gasteiger charge is 2.14. The number of aromatic carboxylic acids is 1. The second-order valence-electron chi connectivity index (χ2n) is 6.29. The van der Waals surface area contributed by atoms with Gasteiger partial charge in [0.25, 0.3) is 0 Å². The van der Waals surface area contributed by atoms with Crippen LogP contribution in [0.4, 0.5) is 0 Å². The van der Waals surface area contributed by atoms with E-state index in [0.717, 1.165) is 5.56 Å². The van der Waals surface area contributed by atoms with Crippen molar-refractivity contribution in [1.82, 2.24) is 10.7 Å². The monoisotopic (exact) mass is 396 g/mol. The second-order valence-corrected chi connectivity index (χ2v) is 6.29. The maximum Gasteiger partial charge on any atom is 0.329 e. The smallest absolute Gasteiger partial charge is 0.329 e. The highest BCUT2D eigenvalue weighted by Crippen LogP contribution is 2.17. The molecule has 0 fully saturated rings. The van der Waals surface area contributed by atoms with E-state index in [1.54, 1.807) is 43.3 Å². The number of nitrogens with one attached hydrogen (secondary N) is 2. The van der Waals surface area contributed by atoms with Crippen molar-refractivity contribution in [1.29, 1.82) is 0 Å². The van der Waals surface area contributed by atoms with E-state index >= 15 is 0 Å². The Morgan fingerprint density at radius 1 is 1.10 bits per heavy atom. The zero-order valence-electron chi connectivity index (χ0n) is 16.2. The highest BCUT2D eigenvalue weighted by molar-refractivity contribution is 6.35. The largest absolute Gasteiger partial charge is 0.545 e. The molecular weight excluding hydrogens is 374 g/mol. The van der Waals surface area contributed by atoms with Crippen molar-refractivity contribution in [2.45, 2.75) is 32.9 Å². The number of carbonyl (C=O) groups is 3. The van der Waals surface area contributed by atoms with Crippen LogP contribution in [0.25, 0.3) is 0 Å². The standard InChI is InChI=1S/C21H23N3O5/c1-3-14(2)23-19(25)20(26)24-22-12-17-6-4-5-7-18(17)29-13-15-8-10-16(11-9-15)21(27)28/h4-12,14H,3,13H2,1-2H3,(H,23,25)(H,24,26)(H,27,28)/p-1/b22-12-/t14-/m1/s1. The first kappa shape index (κ1) is 21.6. The van der Waals surface area contributed by atoms with E-state index in [-0.39, 0.29) is 18.2 Å². The quantitative estimate of drug-likeness (QED) is 0.392. The molecule has 0 saturated carbocycles. The van der Waals surface area contributed by atoms with E-state index in [0.29, 0.717) is 17.7 Å². The molecule has 2 amide bonds. The summed E-state index contributed by atoms with van der Waals surface area (Å²) >= 11 is 0. The molecule has 0 aliphatic heterocycles. The first-order valence-corrected chi connectivity index (χ1v) is 9.06. The number of para-hydroxylation sites is 1. The lowest BCUT2D eigenvalue weighted by atomic mass is 10.1.